The molecule has 5 nitrogen and oxygen atoms in total. The summed E-state index contributed by atoms with van der Waals surface area (Å²) in [5.74, 6) is 0.806. The minimum atomic E-state index is -5.08. The number of carboxylic acid groups (broad SMARTS) is 1. The Labute approximate surface area is 156 Å². The van der Waals surface area contributed by atoms with Crippen LogP contribution in [0.2, 0.25) is 0 Å². The molecule has 2 heterocycles. The molecule has 4 bridgehead atoms. The average molecular weight is 385 g/mol. The Morgan fingerprint density at radius 3 is 2.22 bits per heavy atom. The molecule has 8 heteroatoms. The quantitative estimate of drug-likeness (QED) is 0.790. The number of fused-ring (bicyclic) bond motifs is 1. The van der Waals surface area contributed by atoms with Crippen LogP contribution in [0.4, 0.5) is 13.2 Å². The predicted octanol–water partition coefficient (Wildman–Crippen LogP) is 4.11. The molecule has 150 valence electrons. The van der Waals surface area contributed by atoms with Crippen LogP contribution in [0.3, 0.4) is 0 Å². The average Bonchev–Trinajstić information content (AvgIpc) is 3.04. The van der Waals surface area contributed by atoms with Crippen molar-refractivity contribution in [2.75, 3.05) is 0 Å². The Kier molecular flexibility index (Phi) is 3.96. The molecule has 1 aliphatic heterocycles. The van der Waals surface area contributed by atoms with Crippen molar-refractivity contribution in [2.45, 2.75) is 83.4 Å². The first-order chi connectivity index (χ1) is 12.4. The van der Waals surface area contributed by atoms with Gasteiger partial charge in [-0.3, -0.25) is 0 Å². The molecule has 4 aliphatic carbocycles. The number of hydrogen-bond acceptors (Lipinski definition) is 3. The topological polar surface area (TPSA) is 68.0 Å². The molecule has 0 radical (unpaired) electrons. The second-order valence-electron chi connectivity index (χ2n) is 9.91. The smallest absolute Gasteiger partial charge is 0.475 e. The lowest BCUT2D eigenvalue weighted by molar-refractivity contribution is -0.192. The number of nitrogens with zero attached hydrogens (tertiary/aromatic N) is 3. The molecule has 0 saturated heterocycles. The summed E-state index contributed by atoms with van der Waals surface area (Å²) >= 11 is 0. The van der Waals surface area contributed by atoms with Crippen LogP contribution in [0, 0.1) is 16.7 Å². The molecule has 2 atom stereocenters. The monoisotopic (exact) mass is 385 g/mol. The molecular weight excluding hydrogens is 359 g/mol. The van der Waals surface area contributed by atoms with Crippen LogP contribution in [-0.4, -0.2) is 32.0 Å². The van der Waals surface area contributed by atoms with Crippen LogP contribution < -0.4 is 0 Å². The summed E-state index contributed by atoms with van der Waals surface area (Å²) < 4.78 is 34.2. The van der Waals surface area contributed by atoms with Gasteiger partial charge in [0.25, 0.3) is 0 Å². The zero-order valence-electron chi connectivity index (χ0n) is 15.8. The molecule has 4 fully saturated rings. The van der Waals surface area contributed by atoms with Gasteiger partial charge in [0, 0.05) is 18.4 Å². The fourth-order valence-electron chi connectivity index (χ4n) is 7.24. The third kappa shape index (κ3) is 3.14. The maximum Gasteiger partial charge on any atom is 0.490 e. The van der Waals surface area contributed by atoms with Gasteiger partial charge < -0.3 is 9.67 Å². The van der Waals surface area contributed by atoms with Gasteiger partial charge in [0.2, 0.25) is 0 Å². The van der Waals surface area contributed by atoms with Crippen LogP contribution in [-0.2, 0) is 23.2 Å². The summed E-state index contributed by atoms with van der Waals surface area (Å²) in [6.45, 7) is 6.26. The second-order valence-corrected chi connectivity index (χ2v) is 9.91. The van der Waals surface area contributed by atoms with Crippen LogP contribution in [0.1, 0.15) is 70.4 Å². The van der Waals surface area contributed by atoms with Gasteiger partial charge in [0.05, 0.1) is 0 Å². The highest BCUT2D eigenvalue weighted by Crippen LogP contribution is 2.69. The highest BCUT2D eigenvalue weighted by atomic mass is 19.4. The van der Waals surface area contributed by atoms with Crippen molar-refractivity contribution in [3.05, 3.63) is 11.6 Å². The van der Waals surface area contributed by atoms with Crippen molar-refractivity contribution in [3.63, 3.8) is 0 Å². The number of halogens is 3. The van der Waals surface area contributed by atoms with Gasteiger partial charge in [-0.2, -0.15) is 13.2 Å². The van der Waals surface area contributed by atoms with Gasteiger partial charge >= 0.3 is 12.1 Å². The second kappa shape index (κ2) is 5.70. The van der Waals surface area contributed by atoms with Gasteiger partial charge in [-0.1, -0.05) is 13.8 Å². The van der Waals surface area contributed by atoms with Crippen LogP contribution >= 0.6 is 0 Å². The minimum Gasteiger partial charge on any atom is -0.475 e. The van der Waals surface area contributed by atoms with Gasteiger partial charge in [0.1, 0.15) is 11.6 Å². The van der Waals surface area contributed by atoms with E-state index in [9.17, 15) is 13.2 Å². The lowest BCUT2D eigenvalue weighted by Gasteiger charge is -2.64. The van der Waals surface area contributed by atoms with E-state index in [4.69, 9.17) is 15.0 Å². The minimum absolute atomic E-state index is 0.360. The number of carbonyl (C=O) groups is 1. The van der Waals surface area contributed by atoms with Crippen molar-refractivity contribution in [1.29, 1.82) is 0 Å². The first-order valence-electron chi connectivity index (χ1n) is 9.67. The molecule has 5 aliphatic rings. The van der Waals surface area contributed by atoms with Crippen molar-refractivity contribution >= 4 is 5.97 Å². The first kappa shape index (κ1) is 18.7. The number of aromatic nitrogens is 3. The largest absolute Gasteiger partial charge is 0.490 e. The number of aryl methyl sites for hydroxylation is 1. The summed E-state index contributed by atoms with van der Waals surface area (Å²) in [6, 6.07) is 0. The van der Waals surface area contributed by atoms with Gasteiger partial charge in [-0.25, -0.2) is 4.79 Å². The van der Waals surface area contributed by atoms with E-state index in [1.807, 2.05) is 0 Å². The molecule has 0 spiro atoms. The van der Waals surface area contributed by atoms with Crippen molar-refractivity contribution < 1.29 is 23.1 Å². The molecule has 1 N–H and O–H groups in total. The van der Waals surface area contributed by atoms with Crippen LogP contribution in [0.15, 0.2) is 0 Å². The summed E-state index contributed by atoms with van der Waals surface area (Å²) in [7, 11) is 0. The summed E-state index contributed by atoms with van der Waals surface area (Å²) in [6.07, 6.45) is 5.81. The molecule has 4 saturated carbocycles. The zero-order valence-corrected chi connectivity index (χ0v) is 15.8. The normalized spacial score (nSPS) is 39.1. The van der Waals surface area contributed by atoms with E-state index >= 15 is 0 Å². The fourth-order valence-corrected chi connectivity index (χ4v) is 7.24. The summed E-state index contributed by atoms with van der Waals surface area (Å²) in [5.41, 5.74) is 1.50. The molecule has 6 rings (SSSR count). The van der Waals surface area contributed by atoms with Crippen LogP contribution in [0.25, 0.3) is 0 Å². The van der Waals surface area contributed by atoms with Gasteiger partial charge in [0.15, 0.2) is 0 Å². The Balaban J connectivity index is 0.000000224. The lowest BCUT2D eigenvalue weighted by atomic mass is 9.40. The zero-order chi connectivity index (χ0) is 19.7. The first-order valence-corrected chi connectivity index (χ1v) is 9.67. The molecule has 2 unspecified atom stereocenters. The van der Waals surface area contributed by atoms with Gasteiger partial charge in [-0.15, -0.1) is 10.2 Å². The Morgan fingerprint density at radius 2 is 1.70 bits per heavy atom. The molecule has 1 aromatic rings. The highest BCUT2D eigenvalue weighted by Gasteiger charge is 2.62. The van der Waals surface area contributed by atoms with E-state index in [-0.39, 0.29) is 0 Å². The molecule has 0 aromatic carbocycles. The lowest BCUT2D eigenvalue weighted by Crippen LogP contribution is -2.57. The maximum atomic E-state index is 10.6. The van der Waals surface area contributed by atoms with Crippen molar-refractivity contribution in [3.8, 4) is 0 Å². The number of alkyl halides is 3. The molecule has 0 amide bonds. The van der Waals surface area contributed by atoms with Crippen molar-refractivity contribution in [2.24, 2.45) is 16.7 Å². The van der Waals surface area contributed by atoms with Crippen LogP contribution in [0.5, 0.6) is 0 Å². The summed E-state index contributed by atoms with van der Waals surface area (Å²) in [5, 5.41) is 16.3. The highest BCUT2D eigenvalue weighted by molar-refractivity contribution is 5.73. The molecule has 27 heavy (non-hydrogen) atoms. The Hall–Kier alpha value is -1.60. The summed E-state index contributed by atoms with van der Waals surface area (Å²) in [4.78, 5) is 8.90. The third-order valence-corrected chi connectivity index (χ3v) is 6.95. The standard InChI is InChI=1S/C17H25N3.C2HF3O2/c1-15-6-12-7-16(2,9-15)11-17(8-12,10-15)14-19-18-13-4-3-5-20(13)14;3-2(4,5)1(6)7/h12H,3-11H2,1-2H3;(H,6,7). The Morgan fingerprint density at radius 1 is 1.11 bits per heavy atom. The Bertz CT molecular complexity index is 755. The molecular formula is C19H26F3N3O2. The number of rotatable bonds is 1. The maximum absolute atomic E-state index is 10.6. The molecule has 1 aromatic heterocycles. The van der Waals surface area contributed by atoms with E-state index in [0.717, 1.165) is 18.9 Å². The van der Waals surface area contributed by atoms with Gasteiger partial charge in [-0.05, 0) is 61.7 Å². The van der Waals surface area contributed by atoms with E-state index < -0.39 is 12.1 Å². The van der Waals surface area contributed by atoms with E-state index in [0.29, 0.717) is 16.2 Å². The number of aliphatic carboxylic acids is 1. The predicted molar refractivity (Wildman–Crippen MR) is 91.1 cm³/mol. The SMILES string of the molecule is CC12CC3CC(C)(C1)CC(c1nnc4n1CCC4)(C3)C2.O=C(O)C(F)(F)F. The van der Waals surface area contributed by atoms with E-state index in [2.05, 4.69) is 23.5 Å². The number of hydrogen-bond donors (Lipinski definition) is 1. The number of carboxylic acids is 1. The van der Waals surface area contributed by atoms with E-state index in [1.54, 1.807) is 0 Å². The van der Waals surface area contributed by atoms with Crippen molar-refractivity contribution in [1.82, 2.24) is 14.8 Å². The fraction of sp³-hybridized carbons (Fsp3) is 0.842. The third-order valence-electron chi connectivity index (χ3n) is 6.95. The van der Waals surface area contributed by atoms with E-state index in [1.165, 1.54) is 56.6 Å².